The molecule has 2 rings (SSSR count). The number of carbonyl (C=O) groups is 1. The van der Waals surface area contributed by atoms with Gasteiger partial charge in [0.2, 0.25) is 0 Å². The Bertz CT molecular complexity index is 284. The molecule has 0 radical (unpaired) electrons. The van der Waals surface area contributed by atoms with Crippen LogP contribution in [0.15, 0.2) is 25.3 Å². The number of carboxylic acid groups (broad SMARTS) is 1. The molecule has 0 unspecified atom stereocenters. The fourth-order valence-corrected chi connectivity index (χ4v) is 0.807. The molecule has 13 heavy (non-hydrogen) atoms. The SMILES string of the molecule is C=C.Fc1c2ccc-2c1F.O=CO. The van der Waals surface area contributed by atoms with Crippen LogP contribution in [0.5, 0.6) is 0 Å². The van der Waals surface area contributed by atoms with Crippen LogP contribution in [0.1, 0.15) is 0 Å². The third-order valence-corrected chi connectivity index (χ3v) is 1.37. The van der Waals surface area contributed by atoms with Gasteiger partial charge in [-0.05, 0) is 0 Å². The summed E-state index contributed by atoms with van der Waals surface area (Å²) in [6, 6.07) is 3.13. The third-order valence-electron chi connectivity index (χ3n) is 1.37. The predicted octanol–water partition coefficient (Wildman–Crippen LogP) is 2.45. The average molecular weight is 186 g/mol. The predicted molar refractivity (Wildman–Crippen MR) is 45.3 cm³/mol. The Morgan fingerprint density at radius 1 is 1.15 bits per heavy atom. The zero-order valence-corrected chi connectivity index (χ0v) is 6.76. The maximum Gasteiger partial charge on any atom is 0.290 e. The van der Waals surface area contributed by atoms with Gasteiger partial charge in [-0.3, -0.25) is 4.79 Å². The monoisotopic (exact) mass is 186 g/mol. The minimum Gasteiger partial charge on any atom is -0.483 e. The average Bonchev–Trinajstić information content (AvgIpc) is 2.08. The summed E-state index contributed by atoms with van der Waals surface area (Å²) in [6.45, 7) is 5.75. The molecule has 0 heterocycles. The smallest absolute Gasteiger partial charge is 0.290 e. The highest BCUT2D eigenvalue weighted by Crippen LogP contribution is 2.38. The molecule has 0 spiro atoms. The number of rotatable bonds is 0. The molecule has 0 aromatic heterocycles. The van der Waals surface area contributed by atoms with E-state index in [2.05, 4.69) is 13.2 Å². The lowest BCUT2D eigenvalue weighted by Crippen LogP contribution is -2.03. The molecule has 70 valence electrons. The number of benzene rings is 1. The fraction of sp³-hybridized carbons (Fsp3) is 0. The van der Waals surface area contributed by atoms with Gasteiger partial charge in [0.25, 0.3) is 6.47 Å². The highest BCUT2D eigenvalue weighted by Gasteiger charge is 2.25. The maximum atomic E-state index is 12.0. The first-order valence-electron chi connectivity index (χ1n) is 3.28. The fourth-order valence-electron chi connectivity index (χ4n) is 0.807. The van der Waals surface area contributed by atoms with Crippen molar-refractivity contribution in [2.24, 2.45) is 0 Å². The van der Waals surface area contributed by atoms with E-state index in [0.29, 0.717) is 11.1 Å². The maximum absolute atomic E-state index is 12.0. The van der Waals surface area contributed by atoms with Gasteiger partial charge in [-0.1, -0.05) is 12.1 Å². The second kappa shape index (κ2) is 5.03. The van der Waals surface area contributed by atoms with Gasteiger partial charge in [0.15, 0.2) is 11.6 Å². The van der Waals surface area contributed by atoms with Gasteiger partial charge in [0, 0.05) is 11.1 Å². The Morgan fingerprint density at radius 2 is 1.38 bits per heavy atom. The lowest BCUT2D eigenvalue weighted by molar-refractivity contribution is -0.122. The molecule has 0 amide bonds. The third kappa shape index (κ3) is 1.90. The summed E-state index contributed by atoms with van der Waals surface area (Å²) in [7, 11) is 0. The summed E-state index contributed by atoms with van der Waals surface area (Å²) in [4.78, 5) is 8.36. The van der Waals surface area contributed by atoms with Gasteiger partial charge >= 0.3 is 0 Å². The van der Waals surface area contributed by atoms with Gasteiger partial charge in [-0.15, -0.1) is 13.2 Å². The number of hydrogen-bond donors (Lipinski definition) is 1. The zero-order chi connectivity index (χ0) is 10.4. The lowest BCUT2D eigenvalue weighted by Gasteiger charge is -2.16. The topological polar surface area (TPSA) is 37.3 Å². The van der Waals surface area contributed by atoms with E-state index in [0.717, 1.165) is 0 Å². The molecule has 0 atom stereocenters. The Balaban J connectivity index is 0.000000251. The molecule has 2 aliphatic carbocycles. The standard InChI is InChI=1S/C6H2F2.C2H4.CH2O2/c7-5-3-1-2-4(3)6(5)8;1-2;2-1-3/h1-2H;1-2H2;1H,(H,2,3). The second-order valence-corrected chi connectivity index (χ2v) is 1.89. The molecule has 0 aliphatic heterocycles. The highest BCUT2D eigenvalue weighted by atomic mass is 19.2. The van der Waals surface area contributed by atoms with Crippen LogP contribution in [0.3, 0.4) is 0 Å². The van der Waals surface area contributed by atoms with Crippen LogP contribution in [0.25, 0.3) is 11.1 Å². The molecule has 1 N–H and O–H groups in total. The van der Waals surface area contributed by atoms with Crippen molar-refractivity contribution < 1.29 is 18.7 Å². The van der Waals surface area contributed by atoms with Crippen LogP contribution in [0, 0.1) is 11.6 Å². The minimum absolute atomic E-state index is 0.250. The summed E-state index contributed by atoms with van der Waals surface area (Å²) >= 11 is 0. The summed E-state index contributed by atoms with van der Waals surface area (Å²) in [6.07, 6.45) is 0. The summed E-state index contributed by atoms with van der Waals surface area (Å²) < 4.78 is 24.0. The summed E-state index contributed by atoms with van der Waals surface area (Å²) in [5.74, 6) is -1.36. The van der Waals surface area contributed by atoms with Crippen LogP contribution in [-0.4, -0.2) is 11.6 Å². The van der Waals surface area contributed by atoms with Crippen molar-refractivity contribution in [3.63, 3.8) is 0 Å². The van der Waals surface area contributed by atoms with Crippen LogP contribution < -0.4 is 0 Å². The Hall–Kier alpha value is -1.71. The molecule has 0 aromatic rings. The first kappa shape index (κ1) is 11.3. The van der Waals surface area contributed by atoms with Crippen molar-refractivity contribution in [1.29, 1.82) is 0 Å². The van der Waals surface area contributed by atoms with Gasteiger partial charge in [-0.25, -0.2) is 8.78 Å². The van der Waals surface area contributed by atoms with Gasteiger partial charge < -0.3 is 5.11 Å². The largest absolute Gasteiger partial charge is 0.483 e. The molecular formula is C9H8F2O2. The lowest BCUT2D eigenvalue weighted by atomic mass is 9.92. The Kier molecular flexibility index (Phi) is 4.37. The van der Waals surface area contributed by atoms with E-state index >= 15 is 0 Å². The Labute approximate surface area is 74.1 Å². The van der Waals surface area contributed by atoms with Crippen LogP contribution in [-0.2, 0) is 4.79 Å². The van der Waals surface area contributed by atoms with E-state index in [1.807, 2.05) is 0 Å². The van der Waals surface area contributed by atoms with Crippen molar-refractivity contribution in [1.82, 2.24) is 0 Å². The number of hydrogen-bond acceptors (Lipinski definition) is 1. The van der Waals surface area contributed by atoms with E-state index in [1.165, 1.54) is 0 Å². The molecule has 2 aliphatic rings. The van der Waals surface area contributed by atoms with E-state index < -0.39 is 11.6 Å². The molecule has 0 saturated heterocycles. The van der Waals surface area contributed by atoms with E-state index in [-0.39, 0.29) is 6.47 Å². The number of fused-ring (bicyclic) bond motifs is 1. The van der Waals surface area contributed by atoms with E-state index in [4.69, 9.17) is 9.90 Å². The second-order valence-electron chi connectivity index (χ2n) is 1.89. The quantitative estimate of drug-likeness (QED) is 0.506. The van der Waals surface area contributed by atoms with Crippen molar-refractivity contribution in [2.75, 3.05) is 0 Å². The minimum atomic E-state index is -0.678. The molecule has 4 heteroatoms. The molecule has 0 saturated carbocycles. The Morgan fingerprint density at radius 3 is 1.46 bits per heavy atom. The summed E-state index contributed by atoms with van der Waals surface area (Å²) in [5, 5.41) is 6.89. The van der Waals surface area contributed by atoms with E-state index in [9.17, 15) is 8.78 Å². The molecule has 0 bridgehead atoms. The van der Waals surface area contributed by atoms with Gasteiger partial charge in [0.05, 0.1) is 0 Å². The number of halogens is 2. The van der Waals surface area contributed by atoms with Gasteiger partial charge in [0.1, 0.15) is 0 Å². The zero-order valence-electron chi connectivity index (χ0n) is 6.76. The van der Waals surface area contributed by atoms with Crippen molar-refractivity contribution in [3.8, 4) is 11.1 Å². The van der Waals surface area contributed by atoms with Crippen LogP contribution in [0.4, 0.5) is 8.78 Å². The molecule has 0 fully saturated rings. The summed E-state index contributed by atoms with van der Waals surface area (Å²) in [5.41, 5.74) is 0.894. The molecular weight excluding hydrogens is 178 g/mol. The van der Waals surface area contributed by atoms with Crippen molar-refractivity contribution in [2.45, 2.75) is 0 Å². The highest BCUT2D eigenvalue weighted by molar-refractivity contribution is 5.77. The molecule has 0 aromatic carbocycles. The first-order valence-corrected chi connectivity index (χ1v) is 3.28. The molecule has 2 nitrogen and oxygen atoms in total. The van der Waals surface area contributed by atoms with E-state index in [1.54, 1.807) is 12.1 Å². The van der Waals surface area contributed by atoms with Crippen molar-refractivity contribution in [3.05, 3.63) is 36.9 Å². The van der Waals surface area contributed by atoms with Crippen LogP contribution >= 0.6 is 0 Å². The first-order chi connectivity index (χ1) is 6.22. The van der Waals surface area contributed by atoms with Crippen molar-refractivity contribution >= 4 is 6.47 Å². The normalized spacial score (nSPS) is 8.46. The van der Waals surface area contributed by atoms with Gasteiger partial charge in [-0.2, -0.15) is 0 Å². The van der Waals surface area contributed by atoms with Crippen LogP contribution in [0.2, 0.25) is 0 Å².